The molecule has 0 spiro atoms. The number of aliphatic hydroxyl groups is 1. The predicted octanol–water partition coefficient (Wildman–Crippen LogP) is 2.03. The fourth-order valence-corrected chi connectivity index (χ4v) is 3.18. The van der Waals surface area contributed by atoms with Crippen LogP contribution in [0.15, 0.2) is 24.3 Å². The molecule has 0 aromatic heterocycles. The largest absolute Gasteiger partial charge is 0.380 e. The van der Waals surface area contributed by atoms with Gasteiger partial charge < -0.3 is 14.7 Å². The van der Waals surface area contributed by atoms with Crippen molar-refractivity contribution in [2.75, 3.05) is 19.7 Å². The first-order valence-electron chi connectivity index (χ1n) is 7.47. The number of morpholine rings is 1. The second kappa shape index (κ2) is 5.73. The van der Waals surface area contributed by atoms with Gasteiger partial charge in [0.05, 0.1) is 13.2 Å². The van der Waals surface area contributed by atoms with Gasteiger partial charge in [-0.05, 0) is 43.4 Å². The minimum atomic E-state index is -1.19. The highest BCUT2D eigenvalue weighted by atomic mass is 19.1. The Morgan fingerprint density at radius 2 is 1.95 bits per heavy atom. The Hall–Kier alpha value is -1.46. The predicted molar refractivity (Wildman–Crippen MR) is 75.1 cm³/mol. The Kier molecular flexibility index (Phi) is 3.95. The number of benzene rings is 1. The number of hydrogen-bond acceptors (Lipinski definition) is 3. The molecule has 1 saturated carbocycles. The molecule has 1 aliphatic carbocycles. The molecular weight excluding hydrogens is 273 g/mol. The summed E-state index contributed by atoms with van der Waals surface area (Å²) in [6, 6.07) is 6.14. The van der Waals surface area contributed by atoms with Crippen LogP contribution in [0, 0.1) is 5.82 Å². The topological polar surface area (TPSA) is 49.8 Å². The summed E-state index contributed by atoms with van der Waals surface area (Å²) in [6.07, 6.45) is 2.63. The molecular formula is C16H20FNO3. The summed E-state index contributed by atoms with van der Waals surface area (Å²) in [5, 5.41) is 10.4. The molecule has 4 nitrogen and oxygen atoms in total. The summed E-state index contributed by atoms with van der Waals surface area (Å²) >= 11 is 0. The summed E-state index contributed by atoms with van der Waals surface area (Å²) in [7, 11) is 0. The van der Waals surface area contributed by atoms with Gasteiger partial charge in [-0.2, -0.15) is 0 Å². The van der Waals surface area contributed by atoms with Crippen molar-refractivity contribution in [3.8, 4) is 0 Å². The van der Waals surface area contributed by atoms with Crippen LogP contribution in [0.3, 0.4) is 0 Å². The van der Waals surface area contributed by atoms with Crippen LogP contribution in [-0.2, 0) is 9.53 Å². The van der Waals surface area contributed by atoms with Gasteiger partial charge in [0.1, 0.15) is 17.5 Å². The average molecular weight is 293 g/mol. The zero-order valence-electron chi connectivity index (χ0n) is 11.9. The number of halogens is 1. The van der Waals surface area contributed by atoms with E-state index in [-0.39, 0.29) is 17.8 Å². The zero-order chi connectivity index (χ0) is 14.9. The van der Waals surface area contributed by atoms with Gasteiger partial charge >= 0.3 is 0 Å². The highest BCUT2D eigenvalue weighted by molar-refractivity contribution is 5.85. The fraction of sp³-hybridized carbons (Fsp3) is 0.562. The van der Waals surface area contributed by atoms with Crippen LogP contribution in [-0.4, -0.2) is 41.2 Å². The third-order valence-electron chi connectivity index (χ3n) is 4.42. The maximum absolute atomic E-state index is 13.0. The van der Waals surface area contributed by atoms with Crippen molar-refractivity contribution in [2.45, 2.75) is 37.4 Å². The van der Waals surface area contributed by atoms with Crippen LogP contribution in [0.5, 0.6) is 0 Å². The molecule has 1 heterocycles. The third kappa shape index (κ3) is 2.94. The molecule has 1 unspecified atom stereocenters. The Morgan fingerprint density at radius 3 is 2.62 bits per heavy atom. The van der Waals surface area contributed by atoms with Gasteiger partial charge in [0.2, 0.25) is 0 Å². The van der Waals surface area contributed by atoms with E-state index in [0.29, 0.717) is 32.5 Å². The molecule has 1 aromatic rings. The van der Waals surface area contributed by atoms with Crippen molar-refractivity contribution in [3.05, 3.63) is 35.6 Å². The van der Waals surface area contributed by atoms with Crippen molar-refractivity contribution in [2.24, 2.45) is 0 Å². The van der Waals surface area contributed by atoms with E-state index in [4.69, 9.17) is 4.74 Å². The van der Waals surface area contributed by atoms with E-state index < -0.39 is 5.60 Å². The summed E-state index contributed by atoms with van der Waals surface area (Å²) in [5.41, 5.74) is -0.336. The minimum absolute atomic E-state index is 0.185. The van der Waals surface area contributed by atoms with Gasteiger partial charge in [0.25, 0.3) is 5.91 Å². The Labute approximate surface area is 123 Å². The molecule has 2 fully saturated rings. The van der Waals surface area contributed by atoms with Crippen LogP contribution in [0.4, 0.5) is 4.39 Å². The monoisotopic (exact) mass is 293 g/mol. The molecule has 1 N–H and O–H groups in total. The first kappa shape index (κ1) is 14.5. The SMILES string of the molecule is O=C(N1CCOC(c2ccc(F)cc2)C1)C1(O)CCCC1. The maximum Gasteiger partial charge on any atom is 0.254 e. The van der Waals surface area contributed by atoms with Crippen LogP contribution in [0.2, 0.25) is 0 Å². The number of hydrogen-bond donors (Lipinski definition) is 1. The number of nitrogens with zero attached hydrogens (tertiary/aromatic N) is 1. The molecule has 1 aromatic carbocycles. The maximum atomic E-state index is 13.0. The highest BCUT2D eigenvalue weighted by Crippen LogP contribution is 2.33. The molecule has 0 radical (unpaired) electrons. The van der Waals surface area contributed by atoms with E-state index in [0.717, 1.165) is 18.4 Å². The summed E-state index contributed by atoms with van der Waals surface area (Å²) < 4.78 is 18.7. The summed E-state index contributed by atoms with van der Waals surface area (Å²) in [4.78, 5) is 14.2. The van der Waals surface area contributed by atoms with Gasteiger partial charge in [-0.25, -0.2) is 4.39 Å². The fourth-order valence-electron chi connectivity index (χ4n) is 3.18. The smallest absolute Gasteiger partial charge is 0.254 e. The molecule has 114 valence electrons. The number of rotatable bonds is 2. The Balaban J connectivity index is 1.70. The zero-order valence-corrected chi connectivity index (χ0v) is 11.9. The summed E-state index contributed by atoms with van der Waals surface area (Å²) in [6.45, 7) is 1.34. The van der Waals surface area contributed by atoms with E-state index in [1.807, 2.05) is 0 Å². The highest BCUT2D eigenvalue weighted by Gasteiger charge is 2.42. The lowest BCUT2D eigenvalue weighted by Gasteiger charge is -2.37. The van der Waals surface area contributed by atoms with Crippen LogP contribution in [0.25, 0.3) is 0 Å². The average Bonchev–Trinajstić information content (AvgIpc) is 2.95. The van der Waals surface area contributed by atoms with Gasteiger partial charge in [0.15, 0.2) is 0 Å². The van der Waals surface area contributed by atoms with E-state index in [2.05, 4.69) is 0 Å². The molecule has 5 heteroatoms. The van der Waals surface area contributed by atoms with Crippen LogP contribution >= 0.6 is 0 Å². The number of carbonyl (C=O) groups is 1. The lowest BCUT2D eigenvalue weighted by Crippen LogP contribution is -2.51. The van der Waals surface area contributed by atoms with E-state index in [9.17, 15) is 14.3 Å². The number of ether oxygens (including phenoxy) is 1. The third-order valence-corrected chi connectivity index (χ3v) is 4.42. The van der Waals surface area contributed by atoms with Crippen molar-refractivity contribution < 1.29 is 19.0 Å². The standard InChI is InChI=1S/C16H20FNO3/c17-13-5-3-12(4-6-13)14-11-18(9-10-21-14)15(19)16(20)7-1-2-8-16/h3-6,14,20H,1-2,7-11H2. The number of amides is 1. The van der Waals surface area contributed by atoms with Crippen LogP contribution < -0.4 is 0 Å². The lowest BCUT2D eigenvalue weighted by atomic mass is 9.99. The second-order valence-corrected chi connectivity index (χ2v) is 5.90. The molecule has 21 heavy (non-hydrogen) atoms. The van der Waals surface area contributed by atoms with E-state index in [1.54, 1.807) is 17.0 Å². The molecule has 1 aliphatic heterocycles. The molecule has 3 rings (SSSR count). The molecule has 1 atom stereocenters. The van der Waals surface area contributed by atoms with Crippen molar-refractivity contribution >= 4 is 5.91 Å². The Morgan fingerprint density at radius 1 is 1.29 bits per heavy atom. The van der Waals surface area contributed by atoms with Gasteiger partial charge in [0, 0.05) is 6.54 Å². The molecule has 0 bridgehead atoms. The Bertz CT molecular complexity index is 511. The van der Waals surface area contributed by atoms with E-state index >= 15 is 0 Å². The summed E-state index contributed by atoms with van der Waals surface area (Å²) in [5.74, 6) is -0.474. The van der Waals surface area contributed by atoms with Gasteiger partial charge in [-0.3, -0.25) is 4.79 Å². The van der Waals surface area contributed by atoms with Crippen molar-refractivity contribution in [3.63, 3.8) is 0 Å². The van der Waals surface area contributed by atoms with Crippen molar-refractivity contribution in [1.29, 1.82) is 0 Å². The molecule has 1 saturated heterocycles. The van der Waals surface area contributed by atoms with Gasteiger partial charge in [-0.15, -0.1) is 0 Å². The van der Waals surface area contributed by atoms with Gasteiger partial charge in [-0.1, -0.05) is 12.1 Å². The second-order valence-electron chi connectivity index (χ2n) is 5.90. The molecule has 1 amide bonds. The van der Waals surface area contributed by atoms with Crippen molar-refractivity contribution in [1.82, 2.24) is 4.90 Å². The van der Waals surface area contributed by atoms with E-state index in [1.165, 1.54) is 12.1 Å². The quantitative estimate of drug-likeness (QED) is 0.907. The lowest BCUT2D eigenvalue weighted by molar-refractivity contribution is -0.158. The van der Waals surface area contributed by atoms with Crippen LogP contribution in [0.1, 0.15) is 37.4 Å². The first-order valence-corrected chi connectivity index (χ1v) is 7.47. The number of carbonyl (C=O) groups excluding carboxylic acids is 1. The minimum Gasteiger partial charge on any atom is -0.380 e. The molecule has 2 aliphatic rings. The first-order chi connectivity index (χ1) is 10.1. The normalized spacial score (nSPS) is 25.0.